The number of benzene rings is 2. The molecule has 0 spiro atoms. The predicted molar refractivity (Wildman–Crippen MR) is 72.2 cm³/mol. The molecule has 100 valence electrons. The number of aliphatic hydroxyl groups excluding tert-OH is 1. The van der Waals surface area contributed by atoms with Crippen molar-refractivity contribution in [1.29, 1.82) is 0 Å². The minimum Gasteiger partial charge on any atom is -0.383 e. The van der Waals surface area contributed by atoms with Gasteiger partial charge >= 0.3 is 0 Å². The van der Waals surface area contributed by atoms with Crippen LogP contribution in [-0.2, 0) is 0 Å². The van der Waals surface area contributed by atoms with Gasteiger partial charge < -0.3 is 5.11 Å². The first-order chi connectivity index (χ1) is 8.90. The van der Waals surface area contributed by atoms with Crippen LogP contribution < -0.4 is 0 Å². The highest BCUT2D eigenvalue weighted by Crippen LogP contribution is 2.31. The standard InChI is InChI=1S/C13H7Br2F3O/c14-7-4-10(17)12(11(18)5-7)13(19)6-1-2-9(16)8(15)3-6/h1-5,13,19H. The quantitative estimate of drug-likeness (QED) is 0.780. The lowest BCUT2D eigenvalue weighted by atomic mass is 10.0. The Labute approximate surface area is 124 Å². The Balaban J connectivity index is 2.49. The normalized spacial score (nSPS) is 12.5. The molecule has 2 aromatic rings. The Bertz CT molecular complexity index is 608. The van der Waals surface area contributed by atoms with Gasteiger partial charge in [-0.15, -0.1) is 0 Å². The summed E-state index contributed by atoms with van der Waals surface area (Å²) in [5, 5.41) is 10.0. The van der Waals surface area contributed by atoms with Crippen molar-refractivity contribution in [2.45, 2.75) is 6.10 Å². The molecule has 0 bridgehead atoms. The maximum Gasteiger partial charge on any atom is 0.137 e. The van der Waals surface area contributed by atoms with Crippen LogP contribution in [0.3, 0.4) is 0 Å². The van der Waals surface area contributed by atoms with Crippen molar-refractivity contribution in [2.24, 2.45) is 0 Å². The molecule has 0 amide bonds. The maximum atomic E-state index is 13.7. The Morgan fingerprint density at radius 1 is 0.895 bits per heavy atom. The third-order valence-electron chi connectivity index (χ3n) is 2.58. The second-order valence-corrected chi connectivity index (χ2v) is 5.63. The summed E-state index contributed by atoms with van der Waals surface area (Å²) >= 11 is 5.91. The summed E-state index contributed by atoms with van der Waals surface area (Å²) in [6, 6.07) is 5.77. The van der Waals surface area contributed by atoms with Crippen LogP contribution in [0.15, 0.2) is 39.3 Å². The Morgan fingerprint density at radius 2 is 1.47 bits per heavy atom. The molecule has 6 heteroatoms. The summed E-state index contributed by atoms with van der Waals surface area (Å²) in [5.74, 6) is -2.27. The molecule has 0 fully saturated rings. The smallest absolute Gasteiger partial charge is 0.137 e. The molecule has 2 aromatic carbocycles. The van der Waals surface area contributed by atoms with Gasteiger partial charge in [0.1, 0.15) is 23.6 Å². The summed E-state index contributed by atoms with van der Waals surface area (Å²) in [5.41, 5.74) is -0.282. The van der Waals surface area contributed by atoms with E-state index in [-0.39, 0.29) is 14.5 Å². The fourth-order valence-electron chi connectivity index (χ4n) is 1.66. The van der Waals surface area contributed by atoms with Crippen LogP contribution in [-0.4, -0.2) is 5.11 Å². The highest BCUT2D eigenvalue weighted by Gasteiger charge is 2.21. The molecule has 19 heavy (non-hydrogen) atoms. The third-order valence-corrected chi connectivity index (χ3v) is 3.64. The molecule has 0 saturated heterocycles. The van der Waals surface area contributed by atoms with Crippen LogP contribution in [0.2, 0.25) is 0 Å². The molecule has 0 heterocycles. The lowest BCUT2D eigenvalue weighted by Gasteiger charge is -2.14. The largest absolute Gasteiger partial charge is 0.383 e. The first-order valence-corrected chi connectivity index (χ1v) is 6.76. The molecule has 0 saturated carbocycles. The van der Waals surface area contributed by atoms with Crippen molar-refractivity contribution in [3.8, 4) is 0 Å². The van der Waals surface area contributed by atoms with Crippen molar-refractivity contribution in [3.63, 3.8) is 0 Å². The van der Waals surface area contributed by atoms with Gasteiger partial charge in [-0.2, -0.15) is 0 Å². The van der Waals surface area contributed by atoms with Gasteiger partial charge in [0.2, 0.25) is 0 Å². The number of halogens is 5. The van der Waals surface area contributed by atoms with Gasteiger partial charge in [0.05, 0.1) is 10.0 Å². The fraction of sp³-hybridized carbons (Fsp3) is 0.0769. The van der Waals surface area contributed by atoms with E-state index < -0.39 is 29.1 Å². The molecule has 0 aromatic heterocycles. The van der Waals surface area contributed by atoms with E-state index >= 15 is 0 Å². The van der Waals surface area contributed by atoms with E-state index in [2.05, 4.69) is 31.9 Å². The molecular weight excluding hydrogens is 389 g/mol. The van der Waals surface area contributed by atoms with E-state index in [4.69, 9.17) is 0 Å². The molecule has 1 nitrogen and oxygen atoms in total. The zero-order chi connectivity index (χ0) is 14.2. The lowest BCUT2D eigenvalue weighted by Crippen LogP contribution is -2.06. The number of hydrogen-bond acceptors (Lipinski definition) is 1. The highest BCUT2D eigenvalue weighted by atomic mass is 79.9. The molecule has 0 aliphatic rings. The molecule has 0 aliphatic carbocycles. The van der Waals surface area contributed by atoms with Crippen molar-refractivity contribution >= 4 is 31.9 Å². The molecule has 1 unspecified atom stereocenters. The number of aliphatic hydroxyl groups is 1. The molecule has 2 rings (SSSR count). The van der Waals surface area contributed by atoms with Crippen molar-refractivity contribution in [3.05, 3.63) is 67.9 Å². The van der Waals surface area contributed by atoms with E-state index in [0.29, 0.717) is 0 Å². The van der Waals surface area contributed by atoms with Crippen molar-refractivity contribution in [2.75, 3.05) is 0 Å². The molecule has 1 N–H and O–H groups in total. The van der Waals surface area contributed by atoms with Gasteiger partial charge in [-0.25, -0.2) is 13.2 Å². The van der Waals surface area contributed by atoms with Crippen LogP contribution >= 0.6 is 31.9 Å². The summed E-state index contributed by atoms with van der Waals surface area (Å²) in [4.78, 5) is 0. The second kappa shape index (κ2) is 5.64. The first-order valence-electron chi connectivity index (χ1n) is 5.17. The van der Waals surface area contributed by atoms with Crippen LogP contribution in [0.25, 0.3) is 0 Å². The zero-order valence-electron chi connectivity index (χ0n) is 9.30. The van der Waals surface area contributed by atoms with Gasteiger partial charge in [-0.3, -0.25) is 0 Å². The Hall–Kier alpha value is -0.850. The predicted octanol–water partition coefficient (Wildman–Crippen LogP) is 4.71. The van der Waals surface area contributed by atoms with Crippen molar-refractivity contribution < 1.29 is 18.3 Å². The molecule has 0 radical (unpaired) electrons. The first kappa shape index (κ1) is 14.6. The van der Waals surface area contributed by atoms with Gasteiger partial charge in [-0.05, 0) is 45.8 Å². The van der Waals surface area contributed by atoms with Crippen molar-refractivity contribution in [1.82, 2.24) is 0 Å². The monoisotopic (exact) mass is 394 g/mol. The van der Waals surface area contributed by atoms with E-state index in [0.717, 1.165) is 18.2 Å². The average molecular weight is 396 g/mol. The Kier molecular flexibility index (Phi) is 4.32. The molecule has 1 atom stereocenters. The minimum atomic E-state index is -1.51. The minimum absolute atomic E-state index is 0.113. The summed E-state index contributed by atoms with van der Waals surface area (Å²) in [6.07, 6.45) is -1.51. The highest BCUT2D eigenvalue weighted by molar-refractivity contribution is 9.10. The average Bonchev–Trinajstić information content (AvgIpc) is 2.31. The van der Waals surface area contributed by atoms with Crippen LogP contribution in [0.5, 0.6) is 0 Å². The zero-order valence-corrected chi connectivity index (χ0v) is 12.5. The fourth-order valence-corrected chi connectivity index (χ4v) is 2.46. The summed E-state index contributed by atoms with van der Waals surface area (Å²) < 4.78 is 40.9. The number of hydrogen-bond donors (Lipinski definition) is 1. The van der Waals surface area contributed by atoms with Gasteiger partial charge in [0, 0.05) is 4.47 Å². The number of rotatable bonds is 2. The van der Waals surface area contributed by atoms with E-state index in [1.165, 1.54) is 12.1 Å². The second-order valence-electron chi connectivity index (χ2n) is 3.86. The van der Waals surface area contributed by atoms with Gasteiger partial charge in [0.25, 0.3) is 0 Å². The summed E-state index contributed by atoms with van der Waals surface area (Å²) in [7, 11) is 0. The van der Waals surface area contributed by atoms with Crippen LogP contribution in [0.4, 0.5) is 13.2 Å². The molecular formula is C13H7Br2F3O. The SMILES string of the molecule is OC(c1ccc(F)c(Br)c1)c1c(F)cc(Br)cc1F. The van der Waals surface area contributed by atoms with E-state index in [1.54, 1.807) is 0 Å². The lowest BCUT2D eigenvalue weighted by molar-refractivity contribution is 0.209. The van der Waals surface area contributed by atoms with E-state index in [1.807, 2.05) is 0 Å². The Morgan fingerprint density at radius 3 is 2.00 bits per heavy atom. The third kappa shape index (κ3) is 3.01. The van der Waals surface area contributed by atoms with Crippen LogP contribution in [0, 0.1) is 17.5 Å². The summed E-state index contributed by atoms with van der Waals surface area (Å²) in [6.45, 7) is 0. The maximum absolute atomic E-state index is 13.7. The van der Waals surface area contributed by atoms with E-state index in [9.17, 15) is 18.3 Å². The van der Waals surface area contributed by atoms with Gasteiger partial charge in [-0.1, -0.05) is 22.0 Å². The van der Waals surface area contributed by atoms with Gasteiger partial charge in [0.15, 0.2) is 0 Å². The van der Waals surface area contributed by atoms with Crippen LogP contribution in [0.1, 0.15) is 17.2 Å². The topological polar surface area (TPSA) is 20.2 Å². The molecule has 0 aliphatic heterocycles.